The van der Waals surface area contributed by atoms with Gasteiger partial charge in [0.2, 0.25) is 5.88 Å². The number of hydrogen-bond donors (Lipinski definition) is 0. The van der Waals surface area contributed by atoms with E-state index in [9.17, 15) is 0 Å². The first-order valence-electron chi connectivity index (χ1n) is 9.14. The van der Waals surface area contributed by atoms with Gasteiger partial charge in [-0.1, -0.05) is 6.07 Å². The van der Waals surface area contributed by atoms with Gasteiger partial charge in [-0.2, -0.15) is 5.10 Å². The highest BCUT2D eigenvalue weighted by molar-refractivity contribution is 5.25. The number of piperidine rings is 1. The van der Waals surface area contributed by atoms with Crippen LogP contribution in [0.2, 0.25) is 0 Å². The first kappa shape index (κ1) is 16.5. The van der Waals surface area contributed by atoms with Gasteiger partial charge in [0, 0.05) is 49.3 Å². The van der Waals surface area contributed by atoms with Crippen LogP contribution in [0.1, 0.15) is 18.4 Å². The topological polar surface area (TPSA) is 46.4 Å². The summed E-state index contributed by atoms with van der Waals surface area (Å²) >= 11 is 0. The van der Waals surface area contributed by atoms with E-state index in [0.29, 0.717) is 12.1 Å². The summed E-state index contributed by atoms with van der Waals surface area (Å²) in [7, 11) is 3.99. The maximum absolute atomic E-state index is 5.41. The molecule has 2 aliphatic rings. The number of pyridine rings is 1. The average Bonchev–Trinajstić information content (AvgIpc) is 3.24. The summed E-state index contributed by atoms with van der Waals surface area (Å²) in [5.74, 6) is 1.49. The standard InChI is InChI=1S/C19H27N5O/c1-22-17(14-24-9-4-8-21-24)11-16-13-23(10-6-18(16)22)12-15-5-3-7-20-19(15)25-2/h3-5,7-9,16-18H,6,10-14H2,1-2H3/t16-,17+,18+/m1/s1. The molecule has 134 valence electrons. The molecule has 0 amide bonds. The van der Waals surface area contributed by atoms with Gasteiger partial charge >= 0.3 is 0 Å². The fraction of sp³-hybridized carbons (Fsp3) is 0.579. The van der Waals surface area contributed by atoms with Crippen LogP contribution in [0.25, 0.3) is 0 Å². The van der Waals surface area contributed by atoms with Gasteiger partial charge in [0.25, 0.3) is 0 Å². The van der Waals surface area contributed by atoms with Crippen molar-refractivity contribution in [3.8, 4) is 5.88 Å². The predicted octanol–water partition coefficient (Wildman–Crippen LogP) is 1.88. The second-order valence-electron chi connectivity index (χ2n) is 7.31. The van der Waals surface area contributed by atoms with E-state index in [1.165, 1.54) is 18.4 Å². The fourth-order valence-electron chi connectivity index (χ4n) is 4.59. The highest BCUT2D eigenvalue weighted by Crippen LogP contribution is 2.35. The molecule has 2 aromatic rings. The molecule has 4 heterocycles. The average molecular weight is 341 g/mol. The van der Waals surface area contributed by atoms with Gasteiger partial charge in [0.15, 0.2) is 0 Å². The van der Waals surface area contributed by atoms with Crippen molar-refractivity contribution in [2.24, 2.45) is 5.92 Å². The lowest BCUT2D eigenvalue weighted by molar-refractivity contribution is 0.109. The second kappa shape index (κ2) is 7.14. The molecule has 0 spiro atoms. The fourth-order valence-corrected chi connectivity index (χ4v) is 4.59. The van der Waals surface area contributed by atoms with E-state index in [1.807, 2.05) is 18.3 Å². The number of nitrogens with zero attached hydrogens (tertiary/aromatic N) is 5. The van der Waals surface area contributed by atoms with Crippen LogP contribution in [-0.2, 0) is 13.1 Å². The van der Waals surface area contributed by atoms with E-state index < -0.39 is 0 Å². The number of likely N-dealkylation sites (tertiary alicyclic amines) is 2. The Morgan fingerprint density at radius 2 is 2.20 bits per heavy atom. The summed E-state index contributed by atoms with van der Waals surface area (Å²) in [6.45, 7) is 4.21. The highest BCUT2D eigenvalue weighted by atomic mass is 16.5. The van der Waals surface area contributed by atoms with Crippen molar-refractivity contribution >= 4 is 0 Å². The summed E-state index contributed by atoms with van der Waals surface area (Å²) < 4.78 is 7.48. The van der Waals surface area contributed by atoms with Crippen LogP contribution in [0.4, 0.5) is 0 Å². The predicted molar refractivity (Wildman–Crippen MR) is 96.4 cm³/mol. The van der Waals surface area contributed by atoms with Crippen LogP contribution in [0, 0.1) is 5.92 Å². The zero-order chi connectivity index (χ0) is 17.2. The molecule has 3 atom stereocenters. The smallest absolute Gasteiger partial charge is 0.217 e. The van der Waals surface area contributed by atoms with E-state index in [4.69, 9.17) is 4.74 Å². The Kier molecular flexibility index (Phi) is 4.72. The lowest BCUT2D eigenvalue weighted by Gasteiger charge is -2.37. The normalized spacial score (nSPS) is 27.4. The molecule has 6 heteroatoms. The minimum atomic E-state index is 0.586. The Morgan fingerprint density at radius 1 is 1.28 bits per heavy atom. The molecule has 6 nitrogen and oxygen atoms in total. The monoisotopic (exact) mass is 341 g/mol. The summed E-state index contributed by atoms with van der Waals surface area (Å²) in [5.41, 5.74) is 1.18. The number of fused-ring (bicyclic) bond motifs is 1. The Hall–Kier alpha value is -1.92. The molecule has 0 N–H and O–H groups in total. The van der Waals surface area contributed by atoms with Gasteiger partial charge in [-0.15, -0.1) is 0 Å². The van der Waals surface area contributed by atoms with Crippen molar-refractivity contribution in [2.75, 3.05) is 27.2 Å². The van der Waals surface area contributed by atoms with Gasteiger partial charge < -0.3 is 4.74 Å². The third-order valence-corrected chi connectivity index (χ3v) is 5.85. The molecule has 2 aliphatic heterocycles. The van der Waals surface area contributed by atoms with Gasteiger partial charge in [-0.05, 0) is 44.5 Å². The van der Waals surface area contributed by atoms with Crippen LogP contribution in [0.15, 0.2) is 36.8 Å². The zero-order valence-corrected chi connectivity index (χ0v) is 15.1. The van der Waals surface area contributed by atoms with Gasteiger partial charge in [0.05, 0.1) is 13.7 Å². The third kappa shape index (κ3) is 3.41. The molecule has 0 aromatic carbocycles. The van der Waals surface area contributed by atoms with Gasteiger partial charge in [0.1, 0.15) is 0 Å². The molecule has 0 saturated carbocycles. The Balaban J connectivity index is 1.39. The van der Waals surface area contributed by atoms with Crippen LogP contribution >= 0.6 is 0 Å². The van der Waals surface area contributed by atoms with Crippen molar-refractivity contribution in [1.29, 1.82) is 0 Å². The number of likely N-dealkylation sites (N-methyl/N-ethyl adjacent to an activating group) is 1. The number of methoxy groups -OCH3 is 1. The molecule has 2 aromatic heterocycles. The second-order valence-corrected chi connectivity index (χ2v) is 7.31. The molecule has 4 rings (SSSR count). The molecule has 25 heavy (non-hydrogen) atoms. The molecule has 2 fully saturated rings. The van der Waals surface area contributed by atoms with Crippen molar-refractivity contribution in [3.05, 3.63) is 42.4 Å². The summed E-state index contributed by atoms with van der Waals surface area (Å²) in [5, 5.41) is 4.38. The molecule has 0 bridgehead atoms. The van der Waals surface area contributed by atoms with Crippen molar-refractivity contribution < 1.29 is 4.74 Å². The highest BCUT2D eigenvalue weighted by Gasteiger charge is 2.42. The van der Waals surface area contributed by atoms with E-state index in [-0.39, 0.29) is 0 Å². The Morgan fingerprint density at radius 3 is 3.00 bits per heavy atom. The maximum atomic E-state index is 5.41. The SMILES string of the molecule is COc1ncccc1CN1CC[C@H]2[C@H](C[C@@H](Cn3cccn3)N2C)C1. The first-order valence-corrected chi connectivity index (χ1v) is 9.14. The largest absolute Gasteiger partial charge is 0.481 e. The van der Waals surface area contributed by atoms with E-state index >= 15 is 0 Å². The lowest BCUT2D eigenvalue weighted by Crippen LogP contribution is -2.45. The van der Waals surface area contributed by atoms with Crippen molar-refractivity contribution in [1.82, 2.24) is 24.6 Å². The van der Waals surface area contributed by atoms with Crippen molar-refractivity contribution in [3.63, 3.8) is 0 Å². The van der Waals surface area contributed by atoms with Crippen molar-refractivity contribution in [2.45, 2.75) is 38.0 Å². The number of rotatable bonds is 5. The molecule has 0 unspecified atom stereocenters. The third-order valence-electron chi connectivity index (χ3n) is 5.85. The number of aromatic nitrogens is 3. The minimum absolute atomic E-state index is 0.586. The summed E-state index contributed by atoms with van der Waals surface area (Å²) in [6.07, 6.45) is 8.21. The van der Waals surface area contributed by atoms with Crippen LogP contribution in [0.3, 0.4) is 0 Å². The maximum Gasteiger partial charge on any atom is 0.217 e. The summed E-state index contributed by atoms with van der Waals surface area (Å²) in [6, 6.07) is 7.41. The van der Waals surface area contributed by atoms with Crippen LogP contribution in [-0.4, -0.2) is 63.9 Å². The van der Waals surface area contributed by atoms with Crippen LogP contribution < -0.4 is 4.74 Å². The van der Waals surface area contributed by atoms with Gasteiger partial charge in [-0.25, -0.2) is 4.98 Å². The molecule has 0 radical (unpaired) electrons. The molecular formula is C19H27N5O. The lowest BCUT2D eigenvalue weighted by atomic mass is 9.92. The Labute approximate surface area is 149 Å². The van der Waals surface area contributed by atoms with E-state index in [0.717, 1.165) is 38.0 Å². The molecule has 0 aliphatic carbocycles. The quantitative estimate of drug-likeness (QED) is 0.831. The number of ether oxygens (including phenoxy) is 1. The summed E-state index contributed by atoms with van der Waals surface area (Å²) in [4.78, 5) is 9.48. The molecular weight excluding hydrogens is 314 g/mol. The Bertz CT molecular complexity index is 689. The molecule has 2 saturated heterocycles. The first-order chi connectivity index (χ1) is 12.2. The number of hydrogen-bond acceptors (Lipinski definition) is 5. The van der Waals surface area contributed by atoms with E-state index in [2.05, 4.69) is 43.9 Å². The van der Waals surface area contributed by atoms with E-state index in [1.54, 1.807) is 13.3 Å². The minimum Gasteiger partial charge on any atom is -0.481 e. The van der Waals surface area contributed by atoms with Crippen LogP contribution in [0.5, 0.6) is 5.88 Å². The zero-order valence-electron chi connectivity index (χ0n) is 15.1. The van der Waals surface area contributed by atoms with Gasteiger partial charge in [-0.3, -0.25) is 14.5 Å².